The van der Waals surface area contributed by atoms with E-state index in [4.69, 9.17) is 5.73 Å². The third kappa shape index (κ3) is 2.92. The molecular formula is C21H24N6O. The number of anilines is 2. The van der Waals surface area contributed by atoms with Crippen LogP contribution in [0.3, 0.4) is 0 Å². The summed E-state index contributed by atoms with van der Waals surface area (Å²) in [6, 6.07) is 1.89. The molecule has 3 N–H and O–H groups in total. The van der Waals surface area contributed by atoms with E-state index in [2.05, 4.69) is 42.5 Å². The Labute approximate surface area is 163 Å². The highest BCUT2D eigenvalue weighted by atomic mass is 16.3. The summed E-state index contributed by atoms with van der Waals surface area (Å²) >= 11 is 0. The van der Waals surface area contributed by atoms with Crippen LogP contribution in [0.25, 0.3) is 11.6 Å². The molecule has 0 bridgehead atoms. The minimum absolute atomic E-state index is 0.280. The summed E-state index contributed by atoms with van der Waals surface area (Å²) < 4.78 is 2.15. The molecule has 0 amide bonds. The molecule has 0 spiro atoms. The van der Waals surface area contributed by atoms with Crippen LogP contribution in [0, 0.1) is 5.92 Å². The molecule has 2 aliphatic rings. The van der Waals surface area contributed by atoms with Crippen LogP contribution in [0.1, 0.15) is 24.1 Å². The van der Waals surface area contributed by atoms with E-state index in [1.54, 1.807) is 6.20 Å². The number of rotatable bonds is 4. The van der Waals surface area contributed by atoms with Crippen molar-refractivity contribution in [3.05, 3.63) is 53.4 Å². The quantitative estimate of drug-likeness (QED) is 0.709. The topological polar surface area (TPSA) is 92.6 Å². The Morgan fingerprint density at radius 3 is 2.96 bits per heavy atom. The van der Waals surface area contributed by atoms with Crippen molar-refractivity contribution in [2.45, 2.75) is 31.8 Å². The standard InChI is InChI=1S/C21H24N6O/c22-21-24-8-5-20(25-21)26-9-6-14(7-10-26)19(28)11-17-15-3-1-2-4-16(15)18-12-23-13-27(17)18/h1-2,4-5,8,12-14,19,28H,3,6-7,9-11H2,(H2,22,24,25). The van der Waals surface area contributed by atoms with E-state index in [0.717, 1.165) is 43.7 Å². The third-order valence-electron chi connectivity index (χ3n) is 6.07. The van der Waals surface area contributed by atoms with Crippen molar-refractivity contribution in [1.29, 1.82) is 0 Å². The maximum Gasteiger partial charge on any atom is 0.221 e. The van der Waals surface area contributed by atoms with E-state index in [-0.39, 0.29) is 12.0 Å². The van der Waals surface area contributed by atoms with E-state index < -0.39 is 0 Å². The van der Waals surface area contributed by atoms with Crippen LogP contribution in [0.15, 0.2) is 36.9 Å². The van der Waals surface area contributed by atoms with E-state index in [9.17, 15) is 5.11 Å². The number of aromatic nitrogens is 4. The Hall–Kier alpha value is -2.93. The molecule has 1 unspecified atom stereocenters. The van der Waals surface area contributed by atoms with Gasteiger partial charge in [-0.15, -0.1) is 0 Å². The second kappa shape index (κ2) is 6.91. The molecular weight excluding hydrogens is 352 g/mol. The zero-order valence-electron chi connectivity index (χ0n) is 15.7. The van der Waals surface area contributed by atoms with Crippen LogP contribution in [-0.4, -0.2) is 43.7 Å². The maximum atomic E-state index is 11.0. The molecule has 3 aromatic heterocycles. The lowest BCUT2D eigenvalue weighted by atomic mass is 9.88. The number of piperidine rings is 1. The largest absolute Gasteiger partial charge is 0.392 e. The highest BCUT2D eigenvalue weighted by molar-refractivity contribution is 5.62. The lowest BCUT2D eigenvalue weighted by molar-refractivity contribution is 0.0917. The number of nitrogens with two attached hydrogens (primary N) is 1. The van der Waals surface area contributed by atoms with Gasteiger partial charge in [0, 0.05) is 36.6 Å². The fourth-order valence-electron chi connectivity index (χ4n) is 4.57. The fourth-order valence-corrected chi connectivity index (χ4v) is 4.57. The third-order valence-corrected chi connectivity index (χ3v) is 6.07. The molecule has 5 rings (SSSR count). The molecule has 7 nitrogen and oxygen atoms in total. The molecule has 0 saturated carbocycles. The van der Waals surface area contributed by atoms with Crippen LogP contribution < -0.4 is 15.9 Å². The van der Waals surface area contributed by atoms with Gasteiger partial charge in [0.1, 0.15) is 5.82 Å². The average molecular weight is 376 g/mol. The zero-order chi connectivity index (χ0) is 19.1. The minimum Gasteiger partial charge on any atom is -0.392 e. The first-order valence-electron chi connectivity index (χ1n) is 9.84. The van der Waals surface area contributed by atoms with E-state index in [1.165, 1.54) is 16.5 Å². The lowest BCUT2D eigenvalue weighted by Crippen LogP contribution is -2.39. The number of fused-ring (bicyclic) bond motifs is 3. The van der Waals surface area contributed by atoms with E-state index in [1.807, 2.05) is 18.6 Å². The van der Waals surface area contributed by atoms with Gasteiger partial charge < -0.3 is 20.1 Å². The van der Waals surface area contributed by atoms with E-state index >= 15 is 0 Å². The summed E-state index contributed by atoms with van der Waals surface area (Å²) in [6.45, 7) is 1.74. The molecule has 1 fully saturated rings. The Balaban J connectivity index is 1.31. The van der Waals surface area contributed by atoms with Gasteiger partial charge in [0.2, 0.25) is 5.95 Å². The molecule has 1 atom stereocenters. The number of hydrogen-bond acceptors (Lipinski definition) is 6. The zero-order valence-corrected chi connectivity index (χ0v) is 15.7. The number of hydrogen-bond donors (Lipinski definition) is 2. The van der Waals surface area contributed by atoms with Gasteiger partial charge in [-0.3, -0.25) is 0 Å². The van der Waals surface area contributed by atoms with Crippen LogP contribution in [-0.2, 0) is 12.8 Å². The molecule has 0 aromatic carbocycles. The number of nitrogen functional groups attached to an aromatic ring is 1. The first-order valence-corrected chi connectivity index (χ1v) is 9.84. The number of imidazole rings is 1. The number of aliphatic hydroxyl groups excluding tert-OH is 1. The highest BCUT2D eigenvalue weighted by Gasteiger charge is 2.28. The Morgan fingerprint density at radius 2 is 2.14 bits per heavy atom. The van der Waals surface area contributed by atoms with Crippen molar-refractivity contribution >= 4 is 23.4 Å². The SMILES string of the molecule is Nc1nccc(N2CCC(C(O)Cc3c4c(c5cncn35)=CC=CC4)CC2)n1. The molecule has 28 heavy (non-hydrogen) atoms. The normalized spacial score (nSPS) is 18.2. The van der Waals surface area contributed by atoms with Crippen molar-refractivity contribution in [3.63, 3.8) is 0 Å². The van der Waals surface area contributed by atoms with Gasteiger partial charge in [-0.25, -0.2) is 9.97 Å². The first kappa shape index (κ1) is 17.2. The van der Waals surface area contributed by atoms with Crippen LogP contribution in [0.2, 0.25) is 0 Å². The molecule has 144 valence electrons. The monoisotopic (exact) mass is 376 g/mol. The van der Waals surface area contributed by atoms with Gasteiger partial charge in [-0.2, -0.15) is 4.98 Å². The van der Waals surface area contributed by atoms with Gasteiger partial charge in [0.25, 0.3) is 0 Å². The summed E-state index contributed by atoms with van der Waals surface area (Å²) in [6.07, 6.45) is 15.0. The molecule has 4 heterocycles. The number of aliphatic hydroxyl groups is 1. The van der Waals surface area contributed by atoms with Gasteiger partial charge in [0.05, 0.1) is 24.1 Å². The fraction of sp³-hybridized carbons (Fsp3) is 0.381. The summed E-state index contributed by atoms with van der Waals surface area (Å²) in [7, 11) is 0. The van der Waals surface area contributed by atoms with Crippen LogP contribution in [0.4, 0.5) is 11.8 Å². The first-order chi connectivity index (χ1) is 13.7. The minimum atomic E-state index is -0.361. The van der Waals surface area contributed by atoms with E-state index in [0.29, 0.717) is 12.4 Å². The van der Waals surface area contributed by atoms with Crippen molar-refractivity contribution in [2.24, 2.45) is 5.92 Å². The lowest BCUT2D eigenvalue weighted by Gasteiger charge is -2.35. The van der Waals surface area contributed by atoms with Crippen LogP contribution >= 0.6 is 0 Å². The maximum absolute atomic E-state index is 11.0. The second-order valence-corrected chi connectivity index (χ2v) is 7.66. The average Bonchev–Trinajstić information content (AvgIpc) is 3.31. The summed E-state index contributed by atoms with van der Waals surface area (Å²) in [5, 5.41) is 12.3. The molecule has 1 aliphatic heterocycles. The van der Waals surface area contributed by atoms with Gasteiger partial charge in [0.15, 0.2) is 0 Å². The molecule has 1 saturated heterocycles. The van der Waals surface area contributed by atoms with Gasteiger partial charge >= 0.3 is 0 Å². The summed E-state index contributed by atoms with van der Waals surface area (Å²) in [4.78, 5) is 14.8. The summed E-state index contributed by atoms with van der Waals surface area (Å²) in [5.41, 5.74) is 9.36. The molecule has 3 aromatic rings. The van der Waals surface area contributed by atoms with Crippen molar-refractivity contribution in [2.75, 3.05) is 23.7 Å². The Bertz CT molecular complexity index is 1080. The van der Waals surface area contributed by atoms with Gasteiger partial charge in [-0.05, 0) is 36.8 Å². The summed E-state index contributed by atoms with van der Waals surface area (Å²) in [5.74, 6) is 1.45. The van der Waals surface area contributed by atoms with Gasteiger partial charge in [-0.1, -0.05) is 18.2 Å². The molecule has 1 aliphatic carbocycles. The van der Waals surface area contributed by atoms with Crippen molar-refractivity contribution in [3.8, 4) is 0 Å². The smallest absolute Gasteiger partial charge is 0.221 e. The predicted molar refractivity (Wildman–Crippen MR) is 109 cm³/mol. The molecule has 0 radical (unpaired) electrons. The Kier molecular flexibility index (Phi) is 4.24. The Morgan fingerprint density at radius 1 is 1.29 bits per heavy atom. The predicted octanol–water partition coefficient (Wildman–Crippen LogP) is 1.14. The van der Waals surface area contributed by atoms with Crippen molar-refractivity contribution in [1.82, 2.24) is 19.4 Å². The molecule has 7 heteroatoms. The van der Waals surface area contributed by atoms with Crippen LogP contribution in [0.5, 0.6) is 0 Å². The number of allylic oxidation sites excluding steroid dienone is 2. The second-order valence-electron chi connectivity index (χ2n) is 7.66. The van der Waals surface area contributed by atoms with Crippen molar-refractivity contribution < 1.29 is 5.11 Å². The number of nitrogens with zero attached hydrogens (tertiary/aromatic N) is 5. The highest BCUT2D eigenvalue weighted by Crippen LogP contribution is 2.27.